The summed E-state index contributed by atoms with van der Waals surface area (Å²) in [6.45, 7) is 4.42. The van der Waals surface area contributed by atoms with Crippen LogP contribution >= 0.6 is 0 Å². The van der Waals surface area contributed by atoms with Crippen molar-refractivity contribution in [2.75, 3.05) is 13.7 Å². The van der Waals surface area contributed by atoms with Gasteiger partial charge in [0.05, 0.1) is 7.11 Å². The highest BCUT2D eigenvalue weighted by Gasteiger charge is 2.02. The van der Waals surface area contributed by atoms with E-state index < -0.39 is 11.3 Å². The molecule has 0 spiro atoms. The Morgan fingerprint density at radius 1 is 1.39 bits per heavy atom. The number of nitrogens with zero attached hydrogens (tertiary/aromatic N) is 1. The van der Waals surface area contributed by atoms with E-state index in [0.29, 0.717) is 6.54 Å². The van der Waals surface area contributed by atoms with Crippen molar-refractivity contribution >= 4 is 17.3 Å². The van der Waals surface area contributed by atoms with Gasteiger partial charge in [-0.1, -0.05) is 26.0 Å². The quantitative estimate of drug-likeness (QED) is 0.744. The van der Waals surface area contributed by atoms with Crippen molar-refractivity contribution in [1.82, 2.24) is 4.31 Å². The van der Waals surface area contributed by atoms with Gasteiger partial charge in [-0.15, -0.1) is 0 Å². The molecule has 0 fully saturated rings. The van der Waals surface area contributed by atoms with Crippen molar-refractivity contribution in [2.24, 2.45) is 5.92 Å². The Hall–Kier alpha value is -1.33. The molecule has 1 aromatic carbocycles. The smallest absolute Gasteiger partial charge is 0.118 e. The Balaban J connectivity index is 2.72. The van der Waals surface area contributed by atoms with E-state index in [1.165, 1.54) is 4.31 Å². The monoisotopic (exact) mass is 268 g/mol. The topological polar surface area (TPSA) is 52.6 Å². The molecule has 0 amide bonds. The fourth-order valence-electron chi connectivity index (χ4n) is 1.42. The summed E-state index contributed by atoms with van der Waals surface area (Å²) in [7, 11) is 1.61. The van der Waals surface area contributed by atoms with Crippen molar-refractivity contribution in [3.05, 3.63) is 36.0 Å². The van der Waals surface area contributed by atoms with Gasteiger partial charge in [0, 0.05) is 24.0 Å². The van der Waals surface area contributed by atoms with Crippen LogP contribution < -0.4 is 4.74 Å². The molecule has 0 aliphatic rings. The van der Waals surface area contributed by atoms with E-state index in [4.69, 9.17) is 4.74 Å². The molecule has 0 saturated heterocycles. The highest BCUT2D eigenvalue weighted by atomic mass is 32.2. The van der Waals surface area contributed by atoms with Gasteiger partial charge in [0.1, 0.15) is 5.75 Å². The Kier molecular flexibility index (Phi) is 5.88. The molecule has 1 atom stereocenters. The van der Waals surface area contributed by atoms with Crippen LogP contribution in [0.3, 0.4) is 0 Å². The largest absolute Gasteiger partial charge is 0.755 e. The first kappa shape index (κ1) is 14.7. The van der Waals surface area contributed by atoms with Crippen LogP contribution in [0.15, 0.2) is 30.5 Å². The van der Waals surface area contributed by atoms with Gasteiger partial charge >= 0.3 is 0 Å². The number of methoxy groups -OCH3 is 1. The first-order valence-corrected chi connectivity index (χ1v) is 6.74. The van der Waals surface area contributed by atoms with Crippen LogP contribution in [0.2, 0.25) is 0 Å². The normalized spacial score (nSPS) is 12.9. The molecule has 1 aromatic rings. The van der Waals surface area contributed by atoms with Crippen molar-refractivity contribution < 1.29 is 13.5 Å². The van der Waals surface area contributed by atoms with Crippen LogP contribution in [-0.2, 0) is 11.3 Å². The van der Waals surface area contributed by atoms with E-state index in [-0.39, 0.29) is 5.92 Å². The molecule has 1 unspecified atom stereocenters. The molecule has 0 radical (unpaired) electrons. The molecule has 1 rings (SSSR count). The highest BCUT2D eigenvalue weighted by Crippen LogP contribution is 2.13. The van der Waals surface area contributed by atoms with Gasteiger partial charge in [0.25, 0.3) is 0 Å². The number of benzene rings is 1. The zero-order valence-corrected chi connectivity index (χ0v) is 11.6. The Morgan fingerprint density at radius 3 is 2.44 bits per heavy atom. The molecule has 0 bridgehead atoms. The minimum atomic E-state index is -2.23. The fourth-order valence-corrected chi connectivity index (χ4v) is 2.00. The summed E-state index contributed by atoms with van der Waals surface area (Å²) in [5, 5.41) is 0. The van der Waals surface area contributed by atoms with Gasteiger partial charge in [0.15, 0.2) is 0 Å². The van der Waals surface area contributed by atoms with Crippen molar-refractivity contribution in [3.63, 3.8) is 0 Å². The van der Waals surface area contributed by atoms with Crippen LogP contribution in [0.4, 0.5) is 0 Å². The van der Waals surface area contributed by atoms with E-state index >= 15 is 0 Å². The molecular formula is C13H18NO3S-. The number of ether oxygens (including phenoxy) is 1. The van der Waals surface area contributed by atoms with Gasteiger partial charge in [0.2, 0.25) is 0 Å². The van der Waals surface area contributed by atoms with E-state index in [2.05, 4.69) is 0 Å². The lowest BCUT2D eigenvalue weighted by atomic mass is 10.2. The summed E-state index contributed by atoms with van der Waals surface area (Å²) in [6.07, 6.45) is 3.34. The van der Waals surface area contributed by atoms with Crippen molar-refractivity contribution in [1.29, 1.82) is 0 Å². The summed E-state index contributed by atoms with van der Waals surface area (Å²) in [5.74, 6) is 1.06. The SMILES string of the molecule is COc1ccc(C=CN(CC(C)C)S(=O)[O-])cc1. The zero-order chi connectivity index (χ0) is 13.5. The molecule has 0 aliphatic carbocycles. The second kappa shape index (κ2) is 7.18. The summed E-state index contributed by atoms with van der Waals surface area (Å²) in [5.41, 5.74) is 0.926. The standard InChI is InChI=1S/C13H19NO3S/c1-11(2)10-14(18(15)16)9-8-12-4-6-13(17-3)7-5-12/h4-9,11H,10H2,1-3H3,(H,15,16)/p-1. The van der Waals surface area contributed by atoms with Crippen LogP contribution in [0.1, 0.15) is 19.4 Å². The summed E-state index contributed by atoms with van der Waals surface area (Å²) in [6, 6.07) is 7.41. The summed E-state index contributed by atoms with van der Waals surface area (Å²) in [4.78, 5) is 0. The number of rotatable bonds is 6. The number of hydrogen-bond acceptors (Lipinski definition) is 3. The maximum absolute atomic E-state index is 11.0. The Bertz CT molecular complexity index is 415. The highest BCUT2D eigenvalue weighted by molar-refractivity contribution is 7.76. The molecule has 5 heteroatoms. The van der Waals surface area contributed by atoms with Gasteiger partial charge in [-0.3, -0.25) is 4.21 Å². The maximum Gasteiger partial charge on any atom is 0.118 e. The second-order valence-electron chi connectivity index (χ2n) is 4.30. The molecule has 0 aromatic heterocycles. The van der Waals surface area contributed by atoms with Gasteiger partial charge in [-0.25, -0.2) is 0 Å². The predicted molar refractivity (Wildman–Crippen MR) is 72.5 cm³/mol. The average molecular weight is 268 g/mol. The second-order valence-corrected chi connectivity index (χ2v) is 5.20. The molecular weight excluding hydrogens is 250 g/mol. The maximum atomic E-state index is 11.0. The van der Waals surface area contributed by atoms with Crippen LogP contribution in [-0.4, -0.2) is 26.7 Å². The molecule has 0 heterocycles. The van der Waals surface area contributed by atoms with Gasteiger partial charge in [-0.05, 0) is 29.7 Å². The van der Waals surface area contributed by atoms with Crippen LogP contribution in [0.5, 0.6) is 5.75 Å². The molecule has 18 heavy (non-hydrogen) atoms. The predicted octanol–water partition coefficient (Wildman–Crippen LogP) is 2.42. The Labute approximate surface area is 111 Å². The third-order valence-electron chi connectivity index (χ3n) is 2.29. The molecule has 0 saturated carbocycles. The lowest BCUT2D eigenvalue weighted by molar-refractivity contribution is 0.414. The average Bonchev–Trinajstić information content (AvgIpc) is 2.34. The lowest BCUT2D eigenvalue weighted by Gasteiger charge is -2.24. The molecule has 0 N–H and O–H groups in total. The third-order valence-corrected chi connectivity index (χ3v) is 2.94. The van der Waals surface area contributed by atoms with Crippen LogP contribution in [0, 0.1) is 5.92 Å². The van der Waals surface area contributed by atoms with Gasteiger partial charge < -0.3 is 13.6 Å². The van der Waals surface area contributed by atoms with E-state index in [9.17, 15) is 8.76 Å². The lowest BCUT2D eigenvalue weighted by Crippen LogP contribution is -2.24. The first-order chi connectivity index (χ1) is 8.52. The first-order valence-electron chi connectivity index (χ1n) is 5.71. The molecule has 100 valence electrons. The number of hydrogen-bond donors (Lipinski definition) is 0. The fraction of sp³-hybridized carbons (Fsp3) is 0.385. The third kappa shape index (κ3) is 4.89. The summed E-state index contributed by atoms with van der Waals surface area (Å²) < 4.78 is 28.4. The van der Waals surface area contributed by atoms with Crippen molar-refractivity contribution in [2.45, 2.75) is 13.8 Å². The van der Waals surface area contributed by atoms with Gasteiger partial charge in [-0.2, -0.15) is 0 Å². The summed E-state index contributed by atoms with van der Waals surface area (Å²) >= 11 is -2.23. The molecule has 0 aliphatic heterocycles. The van der Waals surface area contributed by atoms with Crippen molar-refractivity contribution in [3.8, 4) is 5.75 Å². The van der Waals surface area contributed by atoms with E-state index in [0.717, 1.165) is 11.3 Å². The minimum absolute atomic E-state index is 0.281. The molecule has 4 nitrogen and oxygen atoms in total. The van der Waals surface area contributed by atoms with Crippen LogP contribution in [0.25, 0.3) is 6.08 Å². The van der Waals surface area contributed by atoms with E-state index in [1.807, 2.05) is 38.1 Å². The Morgan fingerprint density at radius 2 is 2.00 bits per heavy atom. The van der Waals surface area contributed by atoms with E-state index in [1.54, 1.807) is 19.4 Å². The zero-order valence-electron chi connectivity index (χ0n) is 10.8. The minimum Gasteiger partial charge on any atom is -0.755 e.